The van der Waals surface area contributed by atoms with E-state index in [0.717, 1.165) is 44.2 Å². The van der Waals surface area contributed by atoms with Gasteiger partial charge in [-0.15, -0.1) is 11.3 Å². The molecule has 0 fully saturated rings. The van der Waals surface area contributed by atoms with Gasteiger partial charge in [-0.1, -0.05) is 17.7 Å². The number of ether oxygens (including phenoxy) is 1. The van der Waals surface area contributed by atoms with Gasteiger partial charge in [-0.3, -0.25) is 4.79 Å². The molecule has 136 valence electrons. The fraction of sp³-hybridized carbons (Fsp3) is 0.350. The van der Waals surface area contributed by atoms with Crippen molar-refractivity contribution in [2.45, 2.75) is 40.7 Å². The summed E-state index contributed by atoms with van der Waals surface area (Å²) in [5.74, 6) is 1.40. The number of fused-ring (bicyclic) bond motifs is 1. The Kier molecular flexibility index (Phi) is 4.96. The molecule has 0 aliphatic carbocycles. The minimum absolute atomic E-state index is 0.0985. The van der Waals surface area contributed by atoms with Crippen molar-refractivity contribution in [1.82, 2.24) is 15.3 Å². The maximum atomic E-state index is 12.9. The lowest BCUT2D eigenvalue weighted by Gasteiger charge is -2.18. The summed E-state index contributed by atoms with van der Waals surface area (Å²) in [5, 5.41) is 4.07. The number of benzene rings is 1. The number of aryl methyl sites for hydroxylation is 4. The summed E-state index contributed by atoms with van der Waals surface area (Å²) < 4.78 is 5.44. The Morgan fingerprint density at radius 2 is 1.92 bits per heavy atom. The average Bonchev–Trinajstić information content (AvgIpc) is 2.91. The number of amides is 1. The number of carbonyl (C=O) groups excluding carboxylic acids is 1. The first-order valence-corrected chi connectivity index (χ1v) is 9.33. The van der Waals surface area contributed by atoms with E-state index in [2.05, 4.69) is 15.3 Å². The number of aromatic nitrogens is 2. The van der Waals surface area contributed by atoms with Crippen molar-refractivity contribution in [3.05, 3.63) is 51.3 Å². The van der Waals surface area contributed by atoms with Gasteiger partial charge in [0.2, 0.25) is 0 Å². The van der Waals surface area contributed by atoms with Crippen molar-refractivity contribution in [2.75, 3.05) is 7.11 Å². The van der Waals surface area contributed by atoms with Gasteiger partial charge in [-0.2, -0.15) is 0 Å². The van der Waals surface area contributed by atoms with Crippen LogP contribution in [0.15, 0.2) is 18.2 Å². The lowest BCUT2D eigenvalue weighted by molar-refractivity contribution is 0.0943. The Bertz CT molecular complexity index is 994. The molecule has 5 nitrogen and oxygen atoms in total. The van der Waals surface area contributed by atoms with Gasteiger partial charge in [0.15, 0.2) is 0 Å². The monoisotopic (exact) mass is 369 g/mol. The predicted molar refractivity (Wildman–Crippen MR) is 105 cm³/mol. The number of carbonyl (C=O) groups is 1. The van der Waals surface area contributed by atoms with Gasteiger partial charge < -0.3 is 10.1 Å². The van der Waals surface area contributed by atoms with Gasteiger partial charge in [0.1, 0.15) is 16.4 Å². The van der Waals surface area contributed by atoms with E-state index >= 15 is 0 Å². The maximum Gasteiger partial charge on any atom is 0.262 e. The molecule has 2 heterocycles. The zero-order valence-corrected chi connectivity index (χ0v) is 16.7. The summed E-state index contributed by atoms with van der Waals surface area (Å²) in [6, 6.07) is 5.80. The minimum Gasteiger partial charge on any atom is -0.496 e. The number of hydrogen-bond donors (Lipinski definition) is 1. The number of rotatable bonds is 4. The first kappa shape index (κ1) is 18.3. The maximum absolute atomic E-state index is 12.9. The molecule has 1 atom stereocenters. The largest absolute Gasteiger partial charge is 0.496 e. The molecule has 26 heavy (non-hydrogen) atoms. The van der Waals surface area contributed by atoms with Crippen LogP contribution in [0.4, 0.5) is 0 Å². The third-order valence-electron chi connectivity index (χ3n) is 4.49. The molecule has 1 N–H and O–H groups in total. The number of thiophene rings is 1. The van der Waals surface area contributed by atoms with Gasteiger partial charge >= 0.3 is 0 Å². The van der Waals surface area contributed by atoms with Gasteiger partial charge in [0.05, 0.1) is 18.0 Å². The Morgan fingerprint density at radius 1 is 1.19 bits per heavy atom. The van der Waals surface area contributed by atoms with E-state index in [0.29, 0.717) is 4.88 Å². The van der Waals surface area contributed by atoms with Crippen LogP contribution in [0.3, 0.4) is 0 Å². The van der Waals surface area contributed by atoms with Crippen LogP contribution in [0.25, 0.3) is 10.2 Å². The summed E-state index contributed by atoms with van der Waals surface area (Å²) in [6.07, 6.45) is 0. The van der Waals surface area contributed by atoms with E-state index in [1.165, 1.54) is 11.3 Å². The van der Waals surface area contributed by atoms with E-state index in [-0.39, 0.29) is 11.9 Å². The molecule has 0 bridgehead atoms. The second-order valence-corrected chi connectivity index (χ2v) is 7.53. The van der Waals surface area contributed by atoms with Crippen molar-refractivity contribution in [3.8, 4) is 5.75 Å². The van der Waals surface area contributed by atoms with Gasteiger partial charge in [-0.25, -0.2) is 9.97 Å². The number of hydrogen-bond acceptors (Lipinski definition) is 5. The highest BCUT2D eigenvalue weighted by molar-refractivity contribution is 7.20. The van der Waals surface area contributed by atoms with Crippen LogP contribution in [0, 0.1) is 27.7 Å². The lowest BCUT2D eigenvalue weighted by atomic mass is 10.0. The van der Waals surface area contributed by atoms with Crippen molar-refractivity contribution >= 4 is 27.5 Å². The van der Waals surface area contributed by atoms with Crippen molar-refractivity contribution in [3.63, 3.8) is 0 Å². The second-order valence-electron chi connectivity index (χ2n) is 6.53. The first-order chi connectivity index (χ1) is 12.3. The highest BCUT2D eigenvalue weighted by atomic mass is 32.1. The molecular weight excluding hydrogens is 346 g/mol. The molecule has 1 amide bonds. The zero-order chi connectivity index (χ0) is 19.0. The molecule has 6 heteroatoms. The molecule has 3 rings (SSSR count). The van der Waals surface area contributed by atoms with E-state index in [4.69, 9.17) is 4.74 Å². The van der Waals surface area contributed by atoms with Crippen molar-refractivity contribution in [1.29, 1.82) is 0 Å². The van der Waals surface area contributed by atoms with E-state index in [9.17, 15) is 4.79 Å². The zero-order valence-electron chi connectivity index (χ0n) is 15.9. The summed E-state index contributed by atoms with van der Waals surface area (Å²) in [5.41, 5.74) is 3.94. The molecule has 1 unspecified atom stereocenters. The smallest absolute Gasteiger partial charge is 0.262 e. The Balaban J connectivity index is 1.93. The topological polar surface area (TPSA) is 64.1 Å². The van der Waals surface area contributed by atoms with Crippen LogP contribution in [0.2, 0.25) is 0 Å². The lowest BCUT2D eigenvalue weighted by Crippen LogP contribution is -2.26. The van der Waals surface area contributed by atoms with Crippen LogP contribution in [-0.4, -0.2) is 23.0 Å². The third-order valence-corrected chi connectivity index (χ3v) is 5.67. The molecule has 0 saturated carbocycles. The quantitative estimate of drug-likeness (QED) is 0.739. The van der Waals surface area contributed by atoms with Crippen LogP contribution in [0.1, 0.15) is 50.8 Å². The summed E-state index contributed by atoms with van der Waals surface area (Å²) >= 11 is 1.42. The van der Waals surface area contributed by atoms with Crippen LogP contribution < -0.4 is 10.1 Å². The number of nitrogens with zero attached hydrogens (tertiary/aromatic N) is 2. The Morgan fingerprint density at radius 3 is 2.62 bits per heavy atom. The standard InChI is InChI=1S/C20H23N3O2S/c1-10-7-8-16(25-6)15(9-10)12(3)22-19(24)18-11(2)17-13(4)21-14(5)23-20(17)26-18/h7-9,12H,1-6H3,(H,22,24). The fourth-order valence-electron chi connectivity index (χ4n) is 3.22. The molecule has 0 saturated heterocycles. The highest BCUT2D eigenvalue weighted by Crippen LogP contribution is 2.32. The predicted octanol–water partition coefficient (Wildman–Crippen LogP) is 4.42. The van der Waals surface area contributed by atoms with E-state index in [1.54, 1.807) is 7.11 Å². The normalized spacial score (nSPS) is 12.2. The molecule has 0 radical (unpaired) electrons. The average molecular weight is 369 g/mol. The van der Waals surface area contributed by atoms with E-state index < -0.39 is 0 Å². The van der Waals surface area contributed by atoms with Crippen LogP contribution >= 0.6 is 11.3 Å². The van der Waals surface area contributed by atoms with Crippen LogP contribution in [-0.2, 0) is 0 Å². The minimum atomic E-state index is -0.170. The van der Waals surface area contributed by atoms with Gasteiger partial charge in [0.25, 0.3) is 5.91 Å². The van der Waals surface area contributed by atoms with Gasteiger partial charge in [0, 0.05) is 16.6 Å². The molecule has 3 aromatic rings. The first-order valence-electron chi connectivity index (χ1n) is 8.51. The van der Waals surface area contributed by atoms with Crippen molar-refractivity contribution < 1.29 is 9.53 Å². The molecule has 0 aliphatic heterocycles. The fourth-order valence-corrected chi connectivity index (χ4v) is 4.40. The summed E-state index contributed by atoms with van der Waals surface area (Å²) in [6.45, 7) is 9.77. The molecule has 1 aromatic carbocycles. The van der Waals surface area contributed by atoms with Crippen molar-refractivity contribution in [2.24, 2.45) is 0 Å². The van der Waals surface area contributed by atoms with Crippen LogP contribution in [0.5, 0.6) is 5.75 Å². The third kappa shape index (κ3) is 3.29. The number of nitrogens with one attached hydrogen (secondary N) is 1. The molecule has 2 aromatic heterocycles. The SMILES string of the molecule is COc1ccc(C)cc1C(C)NC(=O)c1sc2nc(C)nc(C)c2c1C. The Hall–Kier alpha value is -2.47. The molecular formula is C20H23N3O2S. The summed E-state index contributed by atoms with van der Waals surface area (Å²) in [4.78, 5) is 23.4. The highest BCUT2D eigenvalue weighted by Gasteiger charge is 2.21. The number of methoxy groups -OCH3 is 1. The summed E-state index contributed by atoms with van der Waals surface area (Å²) in [7, 11) is 1.64. The van der Waals surface area contributed by atoms with Gasteiger partial charge in [-0.05, 0) is 46.2 Å². The van der Waals surface area contributed by atoms with E-state index in [1.807, 2.05) is 52.8 Å². The Labute approximate surface area is 157 Å². The molecule has 0 aliphatic rings. The second kappa shape index (κ2) is 7.03. The molecule has 0 spiro atoms.